The standard InChI is InChI=1S/C17H24N2O2.ClH/c1-16(2,3)21-15(20)19-11-17(12-7-5-4-6-8-12)13-9-18-10-14(13)17;/h4-8,13-14,18H,9-11H2,1-3H3,(H,19,20);1H/t13-,14+,17-;. The molecule has 2 aliphatic rings. The van der Waals surface area contributed by atoms with E-state index in [9.17, 15) is 4.79 Å². The summed E-state index contributed by atoms with van der Waals surface area (Å²) in [5.74, 6) is 1.24. The van der Waals surface area contributed by atoms with Crippen molar-refractivity contribution in [3.8, 4) is 0 Å². The lowest BCUT2D eigenvalue weighted by molar-refractivity contribution is 0.0520. The highest BCUT2D eigenvalue weighted by Crippen LogP contribution is 2.61. The number of amides is 1. The Hall–Kier alpha value is -1.26. The SMILES string of the molecule is CC(C)(C)OC(=O)NC[C@@]1(c2ccccc2)[C@@H]2CNC[C@@H]21.Cl. The van der Waals surface area contributed by atoms with Crippen molar-refractivity contribution in [1.29, 1.82) is 0 Å². The fourth-order valence-electron chi connectivity index (χ4n) is 3.72. The molecule has 122 valence electrons. The number of hydrogen-bond donors (Lipinski definition) is 2. The number of carbonyl (C=O) groups is 1. The average Bonchev–Trinajstić information content (AvgIpc) is 2.79. The highest BCUT2D eigenvalue weighted by atomic mass is 35.5. The third kappa shape index (κ3) is 3.08. The number of hydrogen-bond acceptors (Lipinski definition) is 3. The summed E-state index contributed by atoms with van der Waals surface area (Å²) in [6.07, 6.45) is -0.323. The first-order valence-corrected chi connectivity index (χ1v) is 7.66. The van der Waals surface area contributed by atoms with Crippen LogP contribution in [0.25, 0.3) is 0 Å². The summed E-state index contributed by atoms with van der Waals surface area (Å²) < 4.78 is 5.35. The number of carbonyl (C=O) groups excluding carboxylic acids is 1. The Kier molecular flexibility index (Phi) is 4.73. The van der Waals surface area contributed by atoms with Gasteiger partial charge in [-0.05, 0) is 51.3 Å². The molecule has 1 aliphatic carbocycles. The molecule has 2 N–H and O–H groups in total. The van der Waals surface area contributed by atoms with Gasteiger partial charge < -0.3 is 15.4 Å². The molecule has 1 heterocycles. The van der Waals surface area contributed by atoms with Crippen molar-refractivity contribution in [3.05, 3.63) is 35.9 Å². The zero-order valence-electron chi connectivity index (χ0n) is 13.4. The fraction of sp³-hybridized carbons (Fsp3) is 0.588. The summed E-state index contributed by atoms with van der Waals surface area (Å²) in [4.78, 5) is 11.9. The van der Waals surface area contributed by atoms with E-state index >= 15 is 0 Å². The Morgan fingerprint density at radius 2 is 1.86 bits per heavy atom. The van der Waals surface area contributed by atoms with Gasteiger partial charge in [-0.25, -0.2) is 4.79 Å². The molecule has 0 aromatic heterocycles. The van der Waals surface area contributed by atoms with Crippen LogP contribution in [0.1, 0.15) is 26.3 Å². The van der Waals surface area contributed by atoms with Gasteiger partial charge in [-0.2, -0.15) is 0 Å². The van der Waals surface area contributed by atoms with E-state index in [0.29, 0.717) is 18.4 Å². The maximum absolute atomic E-state index is 11.9. The van der Waals surface area contributed by atoms with E-state index in [1.807, 2.05) is 26.8 Å². The fourth-order valence-corrected chi connectivity index (χ4v) is 3.72. The van der Waals surface area contributed by atoms with Gasteiger partial charge in [-0.1, -0.05) is 30.3 Å². The first-order chi connectivity index (χ1) is 9.93. The molecule has 3 rings (SSSR count). The van der Waals surface area contributed by atoms with Crippen LogP contribution in [0.4, 0.5) is 4.79 Å². The highest BCUT2D eigenvalue weighted by Gasteiger charge is 2.66. The molecule has 0 spiro atoms. The van der Waals surface area contributed by atoms with E-state index in [4.69, 9.17) is 4.74 Å². The molecule has 1 saturated carbocycles. The molecule has 1 aromatic carbocycles. The molecule has 1 saturated heterocycles. The second-order valence-corrected chi connectivity index (χ2v) is 7.13. The minimum absolute atomic E-state index is 0. The molecular weight excluding hydrogens is 300 g/mol. The summed E-state index contributed by atoms with van der Waals surface area (Å²) in [5.41, 5.74) is 0.964. The highest BCUT2D eigenvalue weighted by molar-refractivity contribution is 5.85. The maximum atomic E-state index is 11.9. The van der Waals surface area contributed by atoms with Gasteiger partial charge in [0.25, 0.3) is 0 Å². The largest absolute Gasteiger partial charge is 0.444 e. The number of halogens is 1. The number of piperidine rings is 1. The van der Waals surface area contributed by atoms with Gasteiger partial charge >= 0.3 is 6.09 Å². The Morgan fingerprint density at radius 3 is 2.41 bits per heavy atom. The van der Waals surface area contributed by atoms with Gasteiger partial charge in [0.1, 0.15) is 5.60 Å². The predicted molar refractivity (Wildman–Crippen MR) is 89.5 cm³/mol. The predicted octanol–water partition coefficient (Wildman–Crippen LogP) is 2.72. The van der Waals surface area contributed by atoms with Crippen LogP contribution < -0.4 is 10.6 Å². The van der Waals surface area contributed by atoms with Crippen LogP contribution in [-0.2, 0) is 10.2 Å². The molecule has 3 atom stereocenters. The summed E-state index contributed by atoms with van der Waals surface area (Å²) >= 11 is 0. The van der Waals surface area contributed by atoms with Gasteiger partial charge in [-0.15, -0.1) is 12.4 Å². The maximum Gasteiger partial charge on any atom is 0.407 e. The van der Waals surface area contributed by atoms with E-state index in [1.54, 1.807) is 0 Å². The van der Waals surface area contributed by atoms with Crippen molar-refractivity contribution in [2.75, 3.05) is 19.6 Å². The lowest BCUT2D eigenvalue weighted by Crippen LogP contribution is -2.40. The minimum Gasteiger partial charge on any atom is -0.444 e. The summed E-state index contributed by atoms with van der Waals surface area (Å²) in [7, 11) is 0. The number of benzene rings is 1. The van der Waals surface area contributed by atoms with E-state index in [-0.39, 0.29) is 23.9 Å². The number of rotatable bonds is 3. The number of nitrogens with one attached hydrogen (secondary N) is 2. The van der Waals surface area contributed by atoms with Gasteiger partial charge in [0, 0.05) is 12.0 Å². The van der Waals surface area contributed by atoms with Crippen LogP contribution in [0.2, 0.25) is 0 Å². The second kappa shape index (κ2) is 6.09. The van der Waals surface area contributed by atoms with Crippen LogP contribution in [-0.4, -0.2) is 31.3 Å². The number of ether oxygens (including phenoxy) is 1. The molecule has 1 aromatic rings. The molecule has 2 fully saturated rings. The van der Waals surface area contributed by atoms with Crippen molar-refractivity contribution in [1.82, 2.24) is 10.6 Å². The first kappa shape index (κ1) is 17.1. The van der Waals surface area contributed by atoms with Gasteiger partial charge in [0.15, 0.2) is 0 Å². The second-order valence-electron chi connectivity index (χ2n) is 7.13. The Labute approximate surface area is 138 Å². The third-order valence-electron chi connectivity index (χ3n) is 4.66. The normalized spacial score (nSPS) is 29.2. The number of fused-ring (bicyclic) bond motifs is 1. The Morgan fingerprint density at radius 1 is 1.27 bits per heavy atom. The lowest BCUT2D eigenvalue weighted by Gasteiger charge is -2.24. The first-order valence-electron chi connectivity index (χ1n) is 7.66. The number of alkyl carbamates (subject to hydrolysis) is 1. The molecule has 5 heteroatoms. The van der Waals surface area contributed by atoms with Gasteiger partial charge in [0.2, 0.25) is 0 Å². The molecule has 0 bridgehead atoms. The van der Waals surface area contributed by atoms with Crippen LogP contribution >= 0.6 is 12.4 Å². The zero-order valence-corrected chi connectivity index (χ0v) is 14.2. The molecule has 0 radical (unpaired) electrons. The average molecular weight is 325 g/mol. The van der Waals surface area contributed by atoms with Crippen molar-refractivity contribution < 1.29 is 9.53 Å². The topological polar surface area (TPSA) is 50.4 Å². The Balaban J connectivity index is 0.00000176. The van der Waals surface area contributed by atoms with Crippen molar-refractivity contribution in [2.24, 2.45) is 11.8 Å². The van der Waals surface area contributed by atoms with Gasteiger partial charge in [0.05, 0.1) is 0 Å². The molecule has 1 amide bonds. The minimum atomic E-state index is -0.453. The van der Waals surface area contributed by atoms with Crippen LogP contribution in [0.3, 0.4) is 0 Å². The summed E-state index contributed by atoms with van der Waals surface area (Å²) in [6.45, 7) is 8.38. The van der Waals surface area contributed by atoms with E-state index < -0.39 is 5.60 Å². The quantitative estimate of drug-likeness (QED) is 0.899. The van der Waals surface area contributed by atoms with E-state index in [2.05, 4.69) is 34.9 Å². The molecular formula is C17H25ClN2O2. The third-order valence-corrected chi connectivity index (χ3v) is 4.66. The van der Waals surface area contributed by atoms with Crippen molar-refractivity contribution >= 4 is 18.5 Å². The monoisotopic (exact) mass is 324 g/mol. The Bertz CT molecular complexity index is 517. The van der Waals surface area contributed by atoms with Crippen LogP contribution in [0, 0.1) is 11.8 Å². The molecule has 4 nitrogen and oxygen atoms in total. The van der Waals surface area contributed by atoms with Gasteiger partial charge in [-0.3, -0.25) is 0 Å². The molecule has 0 unspecified atom stereocenters. The molecule has 22 heavy (non-hydrogen) atoms. The van der Waals surface area contributed by atoms with E-state index in [1.165, 1.54) is 5.56 Å². The van der Waals surface area contributed by atoms with Crippen molar-refractivity contribution in [2.45, 2.75) is 31.8 Å². The van der Waals surface area contributed by atoms with Crippen LogP contribution in [0.15, 0.2) is 30.3 Å². The molecule has 1 aliphatic heterocycles. The van der Waals surface area contributed by atoms with E-state index in [0.717, 1.165) is 13.1 Å². The summed E-state index contributed by atoms with van der Waals surface area (Å²) in [5, 5.41) is 6.41. The zero-order chi connectivity index (χ0) is 15.1. The van der Waals surface area contributed by atoms with Crippen LogP contribution in [0.5, 0.6) is 0 Å². The lowest BCUT2D eigenvalue weighted by atomic mass is 9.90. The van der Waals surface area contributed by atoms with Crippen molar-refractivity contribution in [3.63, 3.8) is 0 Å². The summed E-state index contributed by atoms with van der Waals surface area (Å²) in [6, 6.07) is 10.5. The smallest absolute Gasteiger partial charge is 0.407 e.